The molecule has 164 valence electrons. The molecule has 1 N–H and O–H groups in total. The minimum Gasteiger partial charge on any atom is -0.356 e. The van der Waals surface area contributed by atoms with Crippen LogP contribution in [0.5, 0.6) is 0 Å². The fraction of sp³-hybridized carbons (Fsp3) is 0.560. The van der Waals surface area contributed by atoms with Crippen LogP contribution in [0.1, 0.15) is 62.8 Å². The van der Waals surface area contributed by atoms with Crippen molar-refractivity contribution in [1.29, 1.82) is 0 Å². The zero-order valence-electron chi connectivity index (χ0n) is 18.7. The zero-order valence-corrected chi connectivity index (χ0v) is 18.7. The first-order valence-corrected chi connectivity index (χ1v) is 11.9. The van der Waals surface area contributed by atoms with Gasteiger partial charge in [-0.15, -0.1) is 0 Å². The van der Waals surface area contributed by atoms with Gasteiger partial charge in [0.2, 0.25) is 0 Å². The topological polar surface area (TPSA) is 67.1 Å². The fourth-order valence-electron chi connectivity index (χ4n) is 5.17. The lowest BCUT2D eigenvalue weighted by Crippen LogP contribution is -2.40. The Labute approximate surface area is 184 Å². The van der Waals surface area contributed by atoms with Crippen molar-refractivity contribution >= 4 is 16.7 Å². The molecule has 3 aromatic rings. The van der Waals surface area contributed by atoms with E-state index in [1.807, 2.05) is 6.92 Å². The second kappa shape index (κ2) is 8.95. The van der Waals surface area contributed by atoms with E-state index in [-0.39, 0.29) is 0 Å². The summed E-state index contributed by atoms with van der Waals surface area (Å²) in [5.41, 5.74) is 3.18. The number of hydrogen-bond acceptors (Lipinski definition) is 6. The first-order valence-electron chi connectivity index (χ1n) is 11.9. The minimum absolute atomic E-state index is 0.560. The number of pyridine rings is 1. The smallest absolute Gasteiger partial charge is 0.261 e. The van der Waals surface area contributed by atoms with Crippen molar-refractivity contribution in [3.05, 3.63) is 35.7 Å². The molecule has 1 aliphatic carbocycles. The van der Waals surface area contributed by atoms with Gasteiger partial charge in [0.1, 0.15) is 5.82 Å². The number of nitrogens with zero attached hydrogens (tertiary/aromatic N) is 4. The Kier molecular flexibility index (Phi) is 5.90. The first kappa shape index (κ1) is 20.4. The highest BCUT2D eigenvalue weighted by Crippen LogP contribution is 2.33. The molecule has 3 heterocycles. The monoisotopic (exact) mass is 419 g/mol. The van der Waals surface area contributed by atoms with Crippen LogP contribution in [0.4, 0.5) is 5.82 Å². The van der Waals surface area contributed by atoms with E-state index in [1.165, 1.54) is 50.5 Å². The predicted molar refractivity (Wildman–Crippen MR) is 124 cm³/mol. The molecule has 6 nitrogen and oxygen atoms in total. The molecule has 2 fully saturated rings. The third-order valence-electron chi connectivity index (χ3n) is 6.81. The number of anilines is 1. The number of benzene rings is 1. The minimum atomic E-state index is 0.560. The Morgan fingerprint density at radius 2 is 1.71 bits per heavy atom. The van der Waals surface area contributed by atoms with Crippen LogP contribution in [0.25, 0.3) is 22.4 Å². The van der Waals surface area contributed by atoms with Gasteiger partial charge < -0.3 is 14.7 Å². The van der Waals surface area contributed by atoms with Crippen LogP contribution in [-0.4, -0.2) is 40.3 Å². The SMILES string of the molecule is Cc1ccc2nc(N3CCCC(NC4CCCCC4)CC3)c(-c3nc(C)no3)cc2c1. The van der Waals surface area contributed by atoms with Gasteiger partial charge in [-0.25, -0.2) is 4.98 Å². The van der Waals surface area contributed by atoms with Crippen molar-refractivity contribution in [1.82, 2.24) is 20.4 Å². The maximum atomic E-state index is 5.57. The number of hydrogen-bond donors (Lipinski definition) is 1. The molecular weight excluding hydrogens is 386 g/mol. The molecule has 31 heavy (non-hydrogen) atoms. The van der Waals surface area contributed by atoms with Gasteiger partial charge in [0.05, 0.1) is 11.1 Å². The van der Waals surface area contributed by atoms with E-state index in [4.69, 9.17) is 9.51 Å². The van der Waals surface area contributed by atoms with E-state index in [9.17, 15) is 0 Å². The molecule has 0 spiro atoms. The molecule has 0 radical (unpaired) electrons. The van der Waals surface area contributed by atoms with E-state index in [2.05, 4.69) is 51.5 Å². The highest BCUT2D eigenvalue weighted by Gasteiger charge is 2.25. The van der Waals surface area contributed by atoms with Gasteiger partial charge in [-0.05, 0) is 64.2 Å². The van der Waals surface area contributed by atoms with Crippen molar-refractivity contribution in [2.75, 3.05) is 18.0 Å². The highest BCUT2D eigenvalue weighted by atomic mass is 16.5. The van der Waals surface area contributed by atoms with Gasteiger partial charge in [0.25, 0.3) is 5.89 Å². The molecule has 2 aromatic heterocycles. The standard InChI is InChI=1S/C25H33N5O/c1-17-10-11-23-19(15-17)16-22(25-26-18(2)29-31-25)24(28-23)30-13-6-9-21(12-14-30)27-20-7-4-3-5-8-20/h10-11,15-16,20-21,27H,3-9,12-14H2,1-2H3. The summed E-state index contributed by atoms with van der Waals surface area (Å²) in [4.78, 5) is 12.0. The van der Waals surface area contributed by atoms with Gasteiger partial charge in [-0.1, -0.05) is 36.0 Å². The molecule has 1 saturated carbocycles. The fourth-order valence-corrected chi connectivity index (χ4v) is 5.17. The normalized spacial score (nSPS) is 20.8. The van der Waals surface area contributed by atoms with Crippen molar-refractivity contribution in [3.8, 4) is 11.5 Å². The number of aryl methyl sites for hydroxylation is 2. The Morgan fingerprint density at radius 1 is 0.903 bits per heavy atom. The van der Waals surface area contributed by atoms with Crippen LogP contribution in [0, 0.1) is 13.8 Å². The Hall–Kier alpha value is -2.47. The molecule has 2 aliphatic rings. The van der Waals surface area contributed by atoms with Crippen LogP contribution in [0.3, 0.4) is 0 Å². The van der Waals surface area contributed by atoms with E-state index < -0.39 is 0 Å². The maximum absolute atomic E-state index is 5.57. The summed E-state index contributed by atoms with van der Waals surface area (Å²) in [6.07, 6.45) is 10.4. The number of nitrogens with one attached hydrogen (secondary N) is 1. The third kappa shape index (κ3) is 4.59. The van der Waals surface area contributed by atoms with Crippen LogP contribution in [0.2, 0.25) is 0 Å². The van der Waals surface area contributed by atoms with Crippen LogP contribution < -0.4 is 10.2 Å². The van der Waals surface area contributed by atoms with Crippen molar-refractivity contribution in [2.45, 2.75) is 77.3 Å². The van der Waals surface area contributed by atoms with Gasteiger partial charge in [0.15, 0.2) is 5.82 Å². The summed E-state index contributed by atoms with van der Waals surface area (Å²) in [5, 5.41) is 9.11. The van der Waals surface area contributed by atoms with E-state index >= 15 is 0 Å². The summed E-state index contributed by atoms with van der Waals surface area (Å²) < 4.78 is 5.57. The average molecular weight is 420 g/mol. The van der Waals surface area contributed by atoms with Gasteiger partial charge in [-0.3, -0.25) is 0 Å². The number of rotatable bonds is 4. The summed E-state index contributed by atoms with van der Waals surface area (Å²) in [6, 6.07) is 9.89. The Balaban J connectivity index is 1.42. The largest absolute Gasteiger partial charge is 0.356 e. The quantitative estimate of drug-likeness (QED) is 0.628. The summed E-state index contributed by atoms with van der Waals surface area (Å²) >= 11 is 0. The number of fused-ring (bicyclic) bond motifs is 1. The molecule has 0 amide bonds. The predicted octanol–water partition coefficient (Wildman–Crippen LogP) is 5.18. The maximum Gasteiger partial charge on any atom is 0.261 e. The van der Waals surface area contributed by atoms with E-state index in [0.717, 1.165) is 41.8 Å². The van der Waals surface area contributed by atoms with Crippen molar-refractivity contribution in [2.24, 2.45) is 0 Å². The highest BCUT2D eigenvalue weighted by molar-refractivity contribution is 5.88. The molecular formula is C25H33N5O. The summed E-state index contributed by atoms with van der Waals surface area (Å²) in [7, 11) is 0. The lowest BCUT2D eigenvalue weighted by Gasteiger charge is -2.28. The van der Waals surface area contributed by atoms with E-state index in [1.54, 1.807) is 0 Å². The second-order valence-electron chi connectivity index (χ2n) is 9.32. The zero-order chi connectivity index (χ0) is 21.2. The van der Waals surface area contributed by atoms with E-state index in [0.29, 0.717) is 23.8 Å². The summed E-state index contributed by atoms with van der Waals surface area (Å²) in [6.45, 7) is 5.97. The number of aromatic nitrogens is 3. The third-order valence-corrected chi connectivity index (χ3v) is 6.81. The van der Waals surface area contributed by atoms with Gasteiger partial charge in [0, 0.05) is 30.6 Å². The lowest BCUT2D eigenvalue weighted by atomic mass is 9.94. The molecule has 6 heteroatoms. The molecule has 5 rings (SSSR count). The van der Waals surface area contributed by atoms with Gasteiger partial charge >= 0.3 is 0 Å². The van der Waals surface area contributed by atoms with Crippen molar-refractivity contribution in [3.63, 3.8) is 0 Å². The van der Waals surface area contributed by atoms with Crippen LogP contribution in [0.15, 0.2) is 28.8 Å². The molecule has 1 aromatic carbocycles. The Bertz CT molecular complexity index is 1040. The van der Waals surface area contributed by atoms with Crippen LogP contribution in [-0.2, 0) is 0 Å². The van der Waals surface area contributed by atoms with Gasteiger partial charge in [-0.2, -0.15) is 4.98 Å². The van der Waals surface area contributed by atoms with Crippen molar-refractivity contribution < 1.29 is 4.52 Å². The molecule has 1 aliphatic heterocycles. The molecule has 1 saturated heterocycles. The lowest BCUT2D eigenvalue weighted by molar-refractivity contribution is 0.323. The average Bonchev–Trinajstić information content (AvgIpc) is 3.08. The second-order valence-corrected chi connectivity index (χ2v) is 9.32. The Morgan fingerprint density at radius 3 is 2.52 bits per heavy atom. The first-order chi connectivity index (χ1) is 15.2. The summed E-state index contributed by atoms with van der Waals surface area (Å²) in [5.74, 6) is 2.18. The molecule has 1 unspecified atom stereocenters. The molecule has 0 bridgehead atoms. The van der Waals surface area contributed by atoms with Crippen LogP contribution >= 0.6 is 0 Å². The molecule has 1 atom stereocenters.